The lowest BCUT2D eigenvalue weighted by Crippen LogP contribution is -2.61. The SMILES string of the molecule is Cc1ccccc1N1c2cc(-c3ccccc3)ccc2B2c3c(cc4ccccc4c31)-c1cc(N(c3ccccc3)c3ccccc3)ccc1N2c1ccc(-c2ccccc2)cc1. The largest absolute Gasteiger partial charge is 0.376 e. The second-order valence-electron chi connectivity index (χ2n) is 16.6. The zero-order chi connectivity index (χ0) is 41.9. The number of hydrogen-bond donors (Lipinski definition) is 0. The lowest BCUT2D eigenvalue weighted by atomic mass is 9.43. The number of nitrogens with zero attached hydrogens (tertiary/aromatic N) is 3. The molecule has 0 amide bonds. The summed E-state index contributed by atoms with van der Waals surface area (Å²) in [5.41, 5.74) is 20.3. The molecule has 4 heteroatoms. The molecule has 0 saturated carbocycles. The van der Waals surface area contributed by atoms with Gasteiger partial charge in [-0.25, -0.2) is 0 Å². The Labute approximate surface area is 369 Å². The first-order chi connectivity index (χ1) is 31.2. The topological polar surface area (TPSA) is 9.72 Å². The molecule has 2 aliphatic rings. The first kappa shape index (κ1) is 36.7. The molecular weight excluding hydrogens is 761 g/mol. The number of benzene rings is 10. The summed E-state index contributed by atoms with van der Waals surface area (Å²) in [4.78, 5) is 7.56. The Balaban J connectivity index is 1.18. The summed E-state index contributed by atoms with van der Waals surface area (Å²) < 4.78 is 0. The third-order valence-electron chi connectivity index (χ3n) is 12.9. The Morgan fingerprint density at radius 1 is 0.397 bits per heavy atom. The van der Waals surface area contributed by atoms with E-state index in [1.807, 2.05) is 0 Å². The van der Waals surface area contributed by atoms with Crippen LogP contribution < -0.4 is 25.5 Å². The molecule has 12 rings (SSSR count). The van der Waals surface area contributed by atoms with E-state index < -0.39 is 0 Å². The minimum absolute atomic E-state index is 0.125. The third-order valence-corrected chi connectivity index (χ3v) is 12.9. The Morgan fingerprint density at radius 3 is 1.65 bits per heavy atom. The lowest BCUT2D eigenvalue weighted by Gasteiger charge is -2.46. The van der Waals surface area contributed by atoms with Crippen molar-refractivity contribution >= 4 is 74.0 Å². The molecular formula is C59H42BN3. The first-order valence-electron chi connectivity index (χ1n) is 21.8. The van der Waals surface area contributed by atoms with Gasteiger partial charge in [0.1, 0.15) is 0 Å². The van der Waals surface area contributed by atoms with E-state index in [9.17, 15) is 0 Å². The molecule has 10 aromatic carbocycles. The quantitative estimate of drug-likeness (QED) is 0.149. The fourth-order valence-corrected chi connectivity index (χ4v) is 10.0. The summed E-state index contributed by atoms with van der Waals surface area (Å²) in [6.07, 6.45) is 0. The van der Waals surface area contributed by atoms with Crippen molar-refractivity contribution in [2.45, 2.75) is 6.92 Å². The normalized spacial score (nSPS) is 12.4. The molecule has 3 nitrogen and oxygen atoms in total. The van der Waals surface area contributed by atoms with Gasteiger partial charge >= 0.3 is 6.85 Å². The van der Waals surface area contributed by atoms with Crippen LogP contribution in [-0.4, -0.2) is 6.85 Å². The molecule has 0 bridgehead atoms. The van der Waals surface area contributed by atoms with E-state index in [2.05, 4.69) is 258 Å². The van der Waals surface area contributed by atoms with Crippen molar-refractivity contribution in [3.63, 3.8) is 0 Å². The van der Waals surface area contributed by atoms with Crippen molar-refractivity contribution in [3.8, 4) is 33.4 Å². The van der Waals surface area contributed by atoms with Crippen molar-refractivity contribution in [3.05, 3.63) is 242 Å². The average molecular weight is 804 g/mol. The van der Waals surface area contributed by atoms with Gasteiger partial charge in [0.05, 0.1) is 5.69 Å². The van der Waals surface area contributed by atoms with Gasteiger partial charge in [-0.1, -0.05) is 164 Å². The summed E-state index contributed by atoms with van der Waals surface area (Å²) in [5, 5.41) is 2.45. The summed E-state index contributed by atoms with van der Waals surface area (Å²) >= 11 is 0. The Morgan fingerprint density at radius 2 is 0.968 bits per heavy atom. The highest BCUT2D eigenvalue weighted by atomic mass is 15.2. The monoisotopic (exact) mass is 803 g/mol. The molecule has 0 aliphatic carbocycles. The number of hydrogen-bond acceptors (Lipinski definition) is 3. The van der Waals surface area contributed by atoms with Crippen LogP contribution in [-0.2, 0) is 0 Å². The van der Waals surface area contributed by atoms with Crippen LogP contribution in [0.15, 0.2) is 237 Å². The van der Waals surface area contributed by atoms with Gasteiger partial charge in [0.25, 0.3) is 0 Å². The molecule has 0 saturated heterocycles. The number of anilines is 8. The molecule has 2 aliphatic heterocycles. The predicted octanol–water partition coefficient (Wildman–Crippen LogP) is 14.7. The molecule has 296 valence electrons. The maximum Gasteiger partial charge on any atom is 0.333 e. The Hall–Kier alpha value is -8.08. The maximum absolute atomic E-state index is 2.61. The zero-order valence-corrected chi connectivity index (χ0v) is 34.9. The van der Waals surface area contributed by atoms with E-state index >= 15 is 0 Å². The Bertz CT molecular complexity index is 3260. The fourth-order valence-electron chi connectivity index (χ4n) is 10.0. The van der Waals surface area contributed by atoms with Crippen LogP contribution in [0.3, 0.4) is 0 Å². The van der Waals surface area contributed by atoms with Crippen LogP contribution in [0.4, 0.5) is 45.5 Å². The van der Waals surface area contributed by atoms with Gasteiger partial charge in [-0.05, 0) is 129 Å². The summed E-state index contributed by atoms with van der Waals surface area (Å²) in [7, 11) is 0. The van der Waals surface area contributed by atoms with Crippen LogP contribution in [0, 0.1) is 6.92 Å². The predicted molar refractivity (Wildman–Crippen MR) is 268 cm³/mol. The maximum atomic E-state index is 2.61. The highest BCUT2D eigenvalue weighted by Crippen LogP contribution is 2.51. The van der Waals surface area contributed by atoms with E-state index in [4.69, 9.17) is 0 Å². The van der Waals surface area contributed by atoms with Crippen LogP contribution >= 0.6 is 0 Å². The molecule has 2 heterocycles. The number of fused-ring (bicyclic) bond motifs is 6. The van der Waals surface area contributed by atoms with Crippen LogP contribution in [0.25, 0.3) is 44.2 Å². The van der Waals surface area contributed by atoms with E-state index in [1.54, 1.807) is 0 Å². The Kier molecular flexibility index (Phi) is 8.82. The third kappa shape index (κ3) is 6.14. The molecule has 0 aromatic heterocycles. The second-order valence-corrected chi connectivity index (χ2v) is 16.6. The van der Waals surface area contributed by atoms with Crippen LogP contribution in [0.1, 0.15) is 5.56 Å². The van der Waals surface area contributed by atoms with Crippen LogP contribution in [0.5, 0.6) is 0 Å². The summed E-state index contributed by atoms with van der Waals surface area (Å²) in [6, 6.07) is 86.6. The van der Waals surface area contributed by atoms with E-state index in [-0.39, 0.29) is 6.85 Å². The van der Waals surface area contributed by atoms with Crippen molar-refractivity contribution in [2.24, 2.45) is 0 Å². The number of rotatable bonds is 7. The molecule has 0 fully saturated rings. The molecule has 63 heavy (non-hydrogen) atoms. The molecule has 0 N–H and O–H groups in total. The van der Waals surface area contributed by atoms with E-state index in [1.165, 1.54) is 83.4 Å². The molecule has 0 spiro atoms. The number of para-hydroxylation sites is 3. The summed E-state index contributed by atoms with van der Waals surface area (Å²) in [6.45, 7) is 2.11. The minimum Gasteiger partial charge on any atom is -0.376 e. The minimum atomic E-state index is -0.125. The highest BCUT2D eigenvalue weighted by molar-refractivity contribution is 6.94. The standard InChI is InChI=1S/C59H42BN3/c1-41-18-14-17-29-55(41)62-57-39-45(43-21-8-3-9-22-43)32-36-54(57)60-58-53(38-46-23-15-16-28-51(46)59(58)62)52-40-50(61(47-24-10-4-11-25-47)48-26-12-5-13-27-48)35-37-56(52)63(60)49-33-30-44(31-34-49)42-19-6-2-7-20-42/h2-40H,1H3. The fraction of sp³-hybridized carbons (Fsp3) is 0.0169. The molecule has 0 atom stereocenters. The highest BCUT2D eigenvalue weighted by Gasteiger charge is 2.46. The van der Waals surface area contributed by atoms with Crippen LogP contribution in [0.2, 0.25) is 0 Å². The van der Waals surface area contributed by atoms with Gasteiger partial charge in [0.2, 0.25) is 0 Å². The van der Waals surface area contributed by atoms with Crippen molar-refractivity contribution in [2.75, 3.05) is 14.6 Å². The smallest absolute Gasteiger partial charge is 0.333 e. The van der Waals surface area contributed by atoms with Gasteiger partial charge in [-0.15, -0.1) is 0 Å². The van der Waals surface area contributed by atoms with Crippen molar-refractivity contribution < 1.29 is 0 Å². The van der Waals surface area contributed by atoms with Gasteiger partial charge in [0.15, 0.2) is 0 Å². The van der Waals surface area contributed by atoms with Gasteiger partial charge in [-0.3, -0.25) is 0 Å². The molecule has 0 unspecified atom stereocenters. The number of aryl methyl sites for hydroxylation is 1. The van der Waals surface area contributed by atoms with Gasteiger partial charge in [-0.2, -0.15) is 0 Å². The van der Waals surface area contributed by atoms with E-state index in [0.717, 1.165) is 22.7 Å². The van der Waals surface area contributed by atoms with E-state index in [0.29, 0.717) is 0 Å². The second kappa shape index (κ2) is 15.1. The van der Waals surface area contributed by atoms with Gasteiger partial charge in [0, 0.05) is 50.8 Å². The lowest BCUT2D eigenvalue weighted by molar-refractivity contribution is 1.25. The first-order valence-corrected chi connectivity index (χ1v) is 21.8. The summed E-state index contributed by atoms with van der Waals surface area (Å²) in [5.74, 6) is 0. The molecule has 10 aromatic rings. The average Bonchev–Trinajstić information content (AvgIpc) is 3.35. The molecule has 0 radical (unpaired) electrons. The van der Waals surface area contributed by atoms with Crippen molar-refractivity contribution in [1.82, 2.24) is 0 Å². The zero-order valence-electron chi connectivity index (χ0n) is 34.9. The van der Waals surface area contributed by atoms with Crippen molar-refractivity contribution in [1.29, 1.82) is 0 Å². The van der Waals surface area contributed by atoms with Gasteiger partial charge < -0.3 is 14.6 Å².